The third-order valence-electron chi connectivity index (χ3n) is 0.913. The lowest BCUT2D eigenvalue weighted by Crippen LogP contribution is -1.86. The summed E-state index contributed by atoms with van der Waals surface area (Å²) in [5, 5.41) is 8.05. The van der Waals surface area contributed by atoms with E-state index in [9.17, 15) is 0 Å². The second-order valence-corrected chi connectivity index (χ2v) is 2.03. The largest absolute Gasteiger partial charge is 0.197 e. The molecule has 0 saturated carbocycles. The van der Waals surface area contributed by atoms with Crippen LogP contribution >= 0.6 is 12.6 Å². The van der Waals surface area contributed by atoms with E-state index in [4.69, 9.17) is 5.26 Å². The van der Waals surface area contributed by atoms with Crippen LogP contribution in [0.1, 0.15) is 6.42 Å². The second-order valence-electron chi connectivity index (χ2n) is 1.51. The van der Waals surface area contributed by atoms with Crippen LogP contribution in [0.25, 0.3) is 0 Å². The molecule has 0 saturated heterocycles. The fraction of sp³-hybridized carbons (Fsp3) is 0.400. The van der Waals surface area contributed by atoms with Crippen molar-refractivity contribution in [1.82, 2.24) is 0 Å². The van der Waals surface area contributed by atoms with Gasteiger partial charge in [-0.05, 0) is 12.0 Å². The number of rotatable bonds is 1. The molecule has 0 aromatic rings. The summed E-state index contributed by atoms with van der Waals surface area (Å²) in [4.78, 5) is 0. The van der Waals surface area contributed by atoms with Crippen LogP contribution in [0.15, 0.2) is 11.6 Å². The van der Waals surface area contributed by atoms with Crippen molar-refractivity contribution in [2.24, 2.45) is 0 Å². The molecule has 0 amide bonds. The number of hydrogen-bond acceptors (Lipinski definition) is 2. The van der Waals surface area contributed by atoms with Gasteiger partial charge in [-0.15, -0.1) is 0 Å². The Hall–Kier alpha value is -0.420. The van der Waals surface area contributed by atoms with E-state index in [1.165, 1.54) is 5.57 Å². The van der Waals surface area contributed by atoms with E-state index in [2.05, 4.69) is 12.6 Å². The van der Waals surface area contributed by atoms with Crippen molar-refractivity contribution in [3.63, 3.8) is 0 Å². The molecule has 2 heteroatoms. The van der Waals surface area contributed by atoms with Gasteiger partial charge in [0.15, 0.2) is 0 Å². The molecule has 1 nitrogen and oxygen atoms in total. The number of thiol groups is 1. The Labute approximate surface area is 48.1 Å². The van der Waals surface area contributed by atoms with Crippen molar-refractivity contribution >= 4 is 12.6 Å². The van der Waals surface area contributed by atoms with Crippen LogP contribution in [-0.2, 0) is 0 Å². The summed E-state index contributed by atoms with van der Waals surface area (Å²) in [5.74, 6) is 0. The van der Waals surface area contributed by atoms with E-state index in [1.54, 1.807) is 0 Å². The van der Waals surface area contributed by atoms with Crippen molar-refractivity contribution in [2.75, 3.05) is 0 Å². The number of allylic oxidation sites excluding steroid dienone is 1. The second kappa shape index (κ2) is 1.59. The Morgan fingerprint density at radius 3 is 2.71 bits per heavy atom. The van der Waals surface area contributed by atoms with Gasteiger partial charge < -0.3 is 0 Å². The molecule has 0 spiro atoms. The summed E-state index contributed by atoms with van der Waals surface area (Å²) in [6, 6.07) is 2.02. The molecule has 0 bridgehead atoms. The third kappa shape index (κ3) is 0.971. The Morgan fingerprint density at radius 2 is 2.57 bits per heavy atom. The van der Waals surface area contributed by atoms with Crippen molar-refractivity contribution in [3.05, 3.63) is 11.6 Å². The van der Waals surface area contributed by atoms with E-state index in [-0.39, 0.29) is 5.25 Å². The molecule has 1 aliphatic rings. The van der Waals surface area contributed by atoms with Gasteiger partial charge in [-0.3, -0.25) is 0 Å². The maximum absolute atomic E-state index is 8.18. The van der Waals surface area contributed by atoms with Crippen LogP contribution in [-0.4, -0.2) is 5.25 Å². The summed E-state index contributed by atoms with van der Waals surface area (Å²) < 4.78 is 0. The lowest BCUT2D eigenvalue weighted by molar-refractivity contribution is 1.30. The van der Waals surface area contributed by atoms with Gasteiger partial charge in [-0.1, -0.05) is 6.08 Å². The molecule has 0 fully saturated rings. The van der Waals surface area contributed by atoms with Gasteiger partial charge in [0.2, 0.25) is 0 Å². The maximum atomic E-state index is 8.18. The number of hydrogen-bond donors (Lipinski definition) is 1. The minimum absolute atomic E-state index is 0.125. The molecular formula is C5H5NS. The van der Waals surface area contributed by atoms with Gasteiger partial charge in [-0.25, -0.2) is 0 Å². The molecule has 0 aromatic carbocycles. The van der Waals surface area contributed by atoms with Crippen LogP contribution in [0.4, 0.5) is 0 Å². The molecule has 1 unspecified atom stereocenters. The zero-order valence-corrected chi connectivity index (χ0v) is 4.65. The summed E-state index contributed by atoms with van der Waals surface area (Å²) in [5.41, 5.74) is 1.17. The quantitative estimate of drug-likeness (QED) is 0.398. The average molecular weight is 111 g/mol. The van der Waals surface area contributed by atoms with Gasteiger partial charge in [0.25, 0.3) is 0 Å². The van der Waals surface area contributed by atoms with E-state index < -0.39 is 0 Å². The highest BCUT2D eigenvalue weighted by atomic mass is 32.1. The SMILES string of the molecule is N#CC(S)C1=CC1. The Kier molecular flexibility index (Phi) is 1.07. The maximum Gasteiger partial charge on any atom is 0.110 e. The summed E-state index contributed by atoms with van der Waals surface area (Å²) in [6.07, 6.45) is 3.02. The minimum Gasteiger partial charge on any atom is -0.197 e. The highest BCUT2D eigenvalue weighted by Gasteiger charge is 2.14. The Balaban J connectivity index is 2.42. The zero-order chi connectivity index (χ0) is 5.28. The standard InChI is InChI=1S/C5H5NS/c6-3-5(7)4-1-2-4/h1,5,7H,2H2. The first-order chi connectivity index (χ1) is 3.34. The van der Waals surface area contributed by atoms with Gasteiger partial charge in [0, 0.05) is 0 Å². The molecule has 0 heterocycles. The fourth-order valence-corrected chi connectivity index (χ4v) is 0.576. The monoisotopic (exact) mass is 111 g/mol. The molecule has 1 aliphatic carbocycles. The molecule has 1 rings (SSSR count). The van der Waals surface area contributed by atoms with Gasteiger partial charge in [0.05, 0.1) is 6.07 Å². The smallest absolute Gasteiger partial charge is 0.110 e. The summed E-state index contributed by atoms with van der Waals surface area (Å²) in [7, 11) is 0. The van der Waals surface area contributed by atoms with Gasteiger partial charge >= 0.3 is 0 Å². The van der Waals surface area contributed by atoms with Crippen molar-refractivity contribution < 1.29 is 0 Å². The first-order valence-corrected chi connectivity index (χ1v) is 2.63. The first-order valence-electron chi connectivity index (χ1n) is 2.11. The third-order valence-corrected chi connectivity index (χ3v) is 1.36. The molecule has 0 aliphatic heterocycles. The lowest BCUT2D eigenvalue weighted by Gasteiger charge is -1.85. The van der Waals surface area contributed by atoms with Crippen LogP contribution in [0.5, 0.6) is 0 Å². The van der Waals surface area contributed by atoms with Crippen molar-refractivity contribution in [1.29, 1.82) is 5.26 Å². The topological polar surface area (TPSA) is 23.8 Å². The first kappa shape index (κ1) is 4.73. The normalized spacial score (nSPS) is 19.7. The predicted molar refractivity (Wildman–Crippen MR) is 31.1 cm³/mol. The zero-order valence-electron chi connectivity index (χ0n) is 3.76. The average Bonchev–Trinajstić information content (AvgIpc) is 2.44. The van der Waals surface area contributed by atoms with E-state index in [0.29, 0.717) is 0 Å². The van der Waals surface area contributed by atoms with Crippen molar-refractivity contribution in [3.8, 4) is 6.07 Å². The van der Waals surface area contributed by atoms with Crippen LogP contribution in [0, 0.1) is 11.3 Å². The van der Waals surface area contributed by atoms with Crippen LogP contribution < -0.4 is 0 Å². The van der Waals surface area contributed by atoms with Crippen molar-refractivity contribution in [2.45, 2.75) is 11.7 Å². The molecular weight excluding hydrogens is 106 g/mol. The Morgan fingerprint density at radius 1 is 2.00 bits per heavy atom. The highest BCUT2D eigenvalue weighted by Crippen LogP contribution is 2.25. The van der Waals surface area contributed by atoms with Crippen LogP contribution in [0.3, 0.4) is 0 Å². The lowest BCUT2D eigenvalue weighted by atomic mass is 10.4. The molecule has 0 N–H and O–H groups in total. The number of nitriles is 1. The molecule has 7 heavy (non-hydrogen) atoms. The molecule has 36 valence electrons. The molecule has 0 aromatic heterocycles. The molecule has 1 atom stereocenters. The van der Waals surface area contributed by atoms with Gasteiger partial charge in [0.1, 0.15) is 5.25 Å². The minimum atomic E-state index is -0.125. The predicted octanol–water partition coefficient (Wildman–Crippen LogP) is 1.14. The highest BCUT2D eigenvalue weighted by molar-refractivity contribution is 7.81. The van der Waals surface area contributed by atoms with E-state index in [1.807, 2.05) is 12.1 Å². The molecule has 0 radical (unpaired) electrons. The van der Waals surface area contributed by atoms with Gasteiger partial charge in [-0.2, -0.15) is 17.9 Å². The summed E-state index contributed by atoms with van der Waals surface area (Å²) in [6.45, 7) is 0. The number of nitrogens with zero attached hydrogens (tertiary/aromatic N) is 1. The van der Waals surface area contributed by atoms with E-state index in [0.717, 1.165) is 6.42 Å². The fourth-order valence-electron chi connectivity index (χ4n) is 0.365. The van der Waals surface area contributed by atoms with E-state index >= 15 is 0 Å². The van der Waals surface area contributed by atoms with Crippen LogP contribution in [0.2, 0.25) is 0 Å². The Bertz CT molecular complexity index is 143. The summed E-state index contributed by atoms with van der Waals surface area (Å²) >= 11 is 3.96.